The zero-order valence-corrected chi connectivity index (χ0v) is 33.6. The Labute approximate surface area is 359 Å². The van der Waals surface area contributed by atoms with E-state index in [4.69, 9.17) is 19.4 Å². The van der Waals surface area contributed by atoms with Crippen LogP contribution in [0.4, 0.5) is 0 Å². The van der Waals surface area contributed by atoms with E-state index in [0.29, 0.717) is 17.5 Å². The van der Waals surface area contributed by atoms with E-state index in [2.05, 4.69) is 188 Å². The van der Waals surface area contributed by atoms with E-state index >= 15 is 0 Å². The van der Waals surface area contributed by atoms with Crippen LogP contribution in [0.25, 0.3) is 89.5 Å². The second kappa shape index (κ2) is 14.5. The lowest BCUT2D eigenvalue weighted by atomic mass is 9.67. The van der Waals surface area contributed by atoms with Gasteiger partial charge in [0.15, 0.2) is 17.5 Å². The molecule has 4 nitrogen and oxygen atoms in total. The van der Waals surface area contributed by atoms with Crippen LogP contribution in [0.2, 0.25) is 0 Å². The zero-order chi connectivity index (χ0) is 41.0. The number of benzene rings is 9. The standard InChI is InChI=1S/C58H37N3O/c1-5-17-38(18-6-1)39-29-31-41(32-30-39)56-59-55(40-19-7-2-8-20-40)60-57(61-56)50-36-48-45-25-13-15-27-51(45)58(43-21-9-3-10-22-43,44-23-11-4-12-24-44)52(48)37-47(50)42-33-34-54-49(35-42)46-26-14-16-28-53(46)62-54/h1-37H. The predicted octanol–water partition coefficient (Wildman–Crippen LogP) is 14.5. The fraction of sp³-hybridized carbons (Fsp3) is 0.0172. The maximum absolute atomic E-state index is 6.36. The molecule has 1 aliphatic carbocycles. The van der Waals surface area contributed by atoms with Gasteiger partial charge in [0.2, 0.25) is 0 Å². The molecule has 9 aromatic carbocycles. The van der Waals surface area contributed by atoms with Crippen molar-refractivity contribution in [3.05, 3.63) is 247 Å². The Hall–Kier alpha value is -8.21. The molecule has 0 N–H and O–H groups in total. The highest BCUT2D eigenvalue weighted by Gasteiger charge is 2.46. The summed E-state index contributed by atoms with van der Waals surface area (Å²) in [5.41, 5.74) is 15.4. The van der Waals surface area contributed by atoms with Crippen LogP contribution >= 0.6 is 0 Å². The number of para-hydroxylation sites is 1. The van der Waals surface area contributed by atoms with Crippen LogP contribution in [0, 0.1) is 0 Å². The maximum Gasteiger partial charge on any atom is 0.164 e. The second-order valence-electron chi connectivity index (χ2n) is 15.9. The van der Waals surface area contributed by atoms with Gasteiger partial charge in [-0.05, 0) is 86.0 Å². The molecule has 1 aliphatic rings. The fourth-order valence-corrected chi connectivity index (χ4v) is 9.59. The van der Waals surface area contributed by atoms with Crippen molar-refractivity contribution in [2.75, 3.05) is 0 Å². The molecule has 0 aliphatic heterocycles. The number of aromatic nitrogens is 3. The summed E-state index contributed by atoms with van der Waals surface area (Å²) in [6.45, 7) is 0. The van der Waals surface area contributed by atoms with Crippen molar-refractivity contribution < 1.29 is 4.42 Å². The molecule has 0 bridgehead atoms. The molecule has 0 saturated carbocycles. The van der Waals surface area contributed by atoms with Gasteiger partial charge in [-0.1, -0.05) is 194 Å². The van der Waals surface area contributed by atoms with Gasteiger partial charge in [0.1, 0.15) is 11.2 Å². The largest absolute Gasteiger partial charge is 0.456 e. The number of rotatable bonds is 7. The van der Waals surface area contributed by atoms with Gasteiger partial charge < -0.3 is 4.42 Å². The number of hydrogen-bond acceptors (Lipinski definition) is 4. The van der Waals surface area contributed by atoms with Crippen LogP contribution in [-0.4, -0.2) is 15.0 Å². The van der Waals surface area contributed by atoms with Crippen LogP contribution in [0.5, 0.6) is 0 Å². The van der Waals surface area contributed by atoms with E-state index in [-0.39, 0.29) is 0 Å². The van der Waals surface area contributed by atoms with Gasteiger partial charge in [0.25, 0.3) is 0 Å². The molecule has 0 radical (unpaired) electrons. The minimum atomic E-state index is -0.589. The first-order chi connectivity index (χ1) is 30.7. The van der Waals surface area contributed by atoms with Crippen molar-refractivity contribution >= 4 is 21.9 Å². The first-order valence-corrected chi connectivity index (χ1v) is 21.0. The molecule has 4 heteroatoms. The average molecular weight is 792 g/mol. The Kier molecular flexibility index (Phi) is 8.36. The molecular formula is C58H37N3O. The first kappa shape index (κ1) is 35.7. The summed E-state index contributed by atoms with van der Waals surface area (Å²) in [6, 6.07) is 79.4. The van der Waals surface area contributed by atoms with Gasteiger partial charge in [-0.2, -0.15) is 0 Å². The fourth-order valence-electron chi connectivity index (χ4n) is 9.59. The van der Waals surface area contributed by atoms with Crippen LogP contribution < -0.4 is 0 Å². The normalized spacial score (nSPS) is 12.6. The monoisotopic (exact) mass is 791 g/mol. The summed E-state index contributed by atoms with van der Waals surface area (Å²) >= 11 is 0. The van der Waals surface area contributed by atoms with Crippen LogP contribution in [0.1, 0.15) is 22.3 Å². The highest BCUT2D eigenvalue weighted by Crippen LogP contribution is 2.58. The molecule has 0 amide bonds. The van der Waals surface area contributed by atoms with Gasteiger partial charge in [0.05, 0.1) is 5.41 Å². The maximum atomic E-state index is 6.36. The van der Waals surface area contributed by atoms with Crippen molar-refractivity contribution in [2.45, 2.75) is 5.41 Å². The molecule has 0 spiro atoms. The Morgan fingerprint density at radius 2 is 0.790 bits per heavy atom. The molecular weight excluding hydrogens is 755 g/mol. The van der Waals surface area contributed by atoms with Crippen molar-refractivity contribution in [1.82, 2.24) is 15.0 Å². The Balaban J connectivity index is 1.16. The third-order valence-electron chi connectivity index (χ3n) is 12.4. The summed E-state index contributed by atoms with van der Waals surface area (Å²) in [6.07, 6.45) is 0. The van der Waals surface area contributed by atoms with Crippen LogP contribution in [0.3, 0.4) is 0 Å². The van der Waals surface area contributed by atoms with Gasteiger partial charge >= 0.3 is 0 Å². The van der Waals surface area contributed by atoms with Crippen molar-refractivity contribution in [2.24, 2.45) is 0 Å². The number of nitrogens with zero attached hydrogens (tertiary/aromatic N) is 3. The molecule has 62 heavy (non-hydrogen) atoms. The summed E-state index contributed by atoms with van der Waals surface area (Å²) < 4.78 is 6.36. The number of hydrogen-bond donors (Lipinski definition) is 0. The second-order valence-corrected chi connectivity index (χ2v) is 15.9. The minimum absolute atomic E-state index is 0.589. The van der Waals surface area contributed by atoms with E-state index in [9.17, 15) is 0 Å². The Morgan fingerprint density at radius 3 is 1.48 bits per heavy atom. The van der Waals surface area contributed by atoms with Crippen molar-refractivity contribution in [3.8, 4) is 67.5 Å². The lowest BCUT2D eigenvalue weighted by molar-refractivity contribution is 0.669. The number of fused-ring (bicyclic) bond motifs is 6. The highest BCUT2D eigenvalue weighted by atomic mass is 16.3. The van der Waals surface area contributed by atoms with Crippen LogP contribution in [0.15, 0.2) is 229 Å². The molecule has 2 aromatic heterocycles. The SMILES string of the molecule is c1ccc(-c2ccc(-c3nc(-c4ccccc4)nc(-c4cc5c(cc4-c4ccc6oc7ccccc7c6c4)C(c4ccccc4)(c4ccccc4)c4ccccc4-5)n3)cc2)cc1. The van der Waals surface area contributed by atoms with E-state index in [1.807, 2.05) is 36.4 Å². The first-order valence-electron chi connectivity index (χ1n) is 21.0. The Bertz CT molecular complexity index is 3390. The Morgan fingerprint density at radius 1 is 0.290 bits per heavy atom. The van der Waals surface area contributed by atoms with Gasteiger partial charge in [-0.3, -0.25) is 0 Å². The van der Waals surface area contributed by atoms with Crippen molar-refractivity contribution in [3.63, 3.8) is 0 Å². The van der Waals surface area contributed by atoms with E-state index in [1.165, 1.54) is 27.8 Å². The molecule has 0 atom stereocenters. The molecule has 2 heterocycles. The van der Waals surface area contributed by atoms with Crippen LogP contribution in [-0.2, 0) is 5.41 Å². The quantitative estimate of drug-likeness (QED) is 0.161. The molecule has 11 aromatic rings. The average Bonchev–Trinajstić information content (AvgIpc) is 3.87. The van der Waals surface area contributed by atoms with E-state index in [1.54, 1.807) is 0 Å². The molecule has 290 valence electrons. The third kappa shape index (κ3) is 5.72. The number of furan rings is 1. The van der Waals surface area contributed by atoms with Gasteiger partial charge in [-0.25, -0.2) is 15.0 Å². The minimum Gasteiger partial charge on any atom is -0.456 e. The predicted molar refractivity (Wildman–Crippen MR) is 252 cm³/mol. The van der Waals surface area contributed by atoms with Gasteiger partial charge in [-0.15, -0.1) is 0 Å². The summed E-state index contributed by atoms with van der Waals surface area (Å²) in [7, 11) is 0. The third-order valence-corrected chi connectivity index (χ3v) is 12.4. The van der Waals surface area contributed by atoms with Crippen molar-refractivity contribution in [1.29, 1.82) is 0 Å². The zero-order valence-electron chi connectivity index (χ0n) is 33.6. The summed E-state index contributed by atoms with van der Waals surface area (Å²) in [5, 5.41) is 2.14. The van der Waals surface area contributed by atoms with Gasteiger partial charge in [0, 0.05) is 27.5 Å². The lowest BCUT2D eigenvalue weighted by Gasteiger charge is -2.34. The summed E-state index contributed by atoms with van der Waals surface area (Å²) in [4.78, 5) is 15.9. The molecule has 12 rings (SSSR count). The lowest BCUT2D eigenvalue weighted by Crippen LogP contribution is -2.28. The molecule has 0 saturated heterocycles. The topological polar surface area (TPSA) is 51.8 Å². The molecule has 0 unspecified atom stereocenters. The highest BCUT2D eigenvalue weighted by molar-refractivity contribution is 6.07. The van der Waals surface area contributed by atoms with E-state index < -0.39 is 5.41 Å². The van der Waals surface area contributed by atoms with E-state index in [0.717, 1.165) is 66.4 Å². The smallest absolute Gasteiger partial charge is 0.164 e. The summed E-state index contributed by atoms with van der Waals surface area (Å²) in [5.74, 6) is 1.83. The molecule has 0 fully saturated rings.